The maximum Gasteiger partial charge on any atom is 0.349 e. The fourth-order valence-corrected chi connectivity index (χ4v) is 2.25. The van der Waals surface area contributed by atoms with Gasteiger partial charge in [0.15, 0.2) is 0 Å². The molecule has 2 rings (SSSR count). The Balaban J connectivity index is 2.28. The van der Waals surface area contributed by atoms with E-state index in [0.29, 0.717) is 10.1 Å². The highest BCUT2D eigenvalue weighted by atomic mass is 32.2. The molecule has 0 unspecified atom stereocenters. The van der Waals surface area contributed by atoms with Gasteiger partial charge in [-0.05, 0) is 24.3 Å². The number of aromatic nitrogens is 2. The van der Waals surface area contributed by atoms with E-state index in [9.17, 15) is 13.2 Å². The van der Waals surface area contributed by atoms with Crippen molar-refractivity contribution in [1.82, 2.24) is 9.66 Å². The van der Waals surface area contributed by atoms with Gasteiger partial charge in [0.25, 0.3) is 0 Å². The van der Waals surface area contributed by atoms with Crippen molar-refractivity contribution in [3.8, 4) is 0 Å². The number of rotatable bonds is 5. The molecule has 7 nitrogen and oxygen atoms in total. The number of nitrogens with zero attached hydrogens (tertiary/aromatic N) is 3. The normalized spacial score (nSPS) is 10.9. The quantitative estimate of drug-likeness (QED) is 0.785. The molecule has 0 atom stereocenters. The van der Waals surface area contributed by atoms with E-state index in [1.807, 2.05) is 0 Å². The summed E-state index contributed by atoms with van der Waals surface area (Å²) in [4.78, 5) is 14.5. The molecule has 0 spiro atoms. The molecule has 18 heavy (non-hydrogen) atoms. The molecule has 2 heterocycles. The van der Waals surface area contributed by atoms with Crippen LogP contribution in [-0.4, -0.2) is 24.5 Å². The third kappa shape index (κ3) is 2.48. The van der Waals surface area contributed by atoms with E-state index in [-0.39, 0.29) is 0 Å². The Kier molecular flexibility index (Phi) is 3.28. The maximum absolute atomic E-state index is 11.9. The molecule has 0 aliphatic heterocycles. The Morgan fingerprint density at radius 3 is 2.39 bits per heavy atom. The van der Waals surface area contributed by atoms with Gasteiger partial charge in [0.05, 0.1) is 5.69 Å². The van der Waals surface area contributed by atoms with Gasteiger partial charge in [-0.3, -0.25) is 14.5 Å². The van der Waals surface area contributed by atoms with Gasteiger partial charge in [-0.1, -0.05) is 0 Å². The molecule has 0 saturated carbocycles. The first-order valence-corrected chi connectivity index (χ1v) is 6.31. The molecule has 0 fully saturated rings. The number of carbonyl (C=O) groups excluding carboxylic acids is 1. The minimum absolute atomic E-state index is 0.303. The Hall–Kier alpha value is -2.35. The summed E-state index contributed by atoms with van der Waals surface area (Å²) in [6.07, 6.45) is 7.04. The molecule has 1 radical (unpaired) electrons. The summed E-state index contributed by atoms with van der Waals surface area (Å²) in [5.41, 5.74) is 0.303. The first kappa shape index (κ1) is 12.1. The van der Waals surface area contributed by atoms with E-state index in [0.717, 1.165) is 4.68 Å². The van der Waals surface area contributed by atoms with Crippen LogP contribution in [0.1, 0.15) is 0 Å². The Morgan fingerprint density at radius 2 is 1.83 bits per heavy atom. The van der Waals surface area contributed by atoms with Crippen LogP contribution < -0.4 is 9.14 Å². The molecule has 1 N–H and O–H groups in total. The molecule has 93 valence electrons. The Morgan fingerprint density at radius 1 is 1.22 bits per heavy atom. The monoisotopic (exact) mass is 265 g/mol. The number of hydrogen-bond acceptors (Lipinski definition) is 4. The van der Waals surface area contributed by atoms with Crippen molar-refractivity contribution in [2.45, 2.75) is 0 Å². The number of nitrogens with one attached hydrogen (secondary N) is 1. The summed E-state index contributed by atoms with van der Waals surface area (Å²) in [5.74, 6) is 0. The summed E-state index contributed by atoms with van der Waals surface area (Å²) < 4.78 is 27.6. The zero-order valence-electron chi connectivity index (χ0n) is 9.09. The fourth-order valence-electron chi connectivity index (χ4n) is 1.28. The van der Waals surface area contributed by atoms with Gasteiger partial charge in [-0.15, -0.1) is 4.41 Å². The highest BCUT2D eigenvalue weighted by Crippen LogP contribution is 2.08. The average Bonchev–Trinajstić information content (AvgIpc) is 2.83. The molecule has 1 amide bonds. The lowest BCUT2D eigenvalue weighted by Crippen LogP contribution is -2.42. The molecule has 0 bridgehead atoms. The van der Waals surface area contributed by atoms with E-state index in [1.54, 1.807) is 12.1 Å². The lowest BCUT2D eigenvalue weighted by molar-refractivity contribution is 0.541. The van der Waals surface area contributed by atoms with Crippen molar-refractivity contribution < 1.29 is 13.2 Å². The zero-order chi connectivity index (χ0) is 13.0. The number of anilines is 1. The molecule has 0 aliphatic carbocycles. The highest BCUT2D eigenvalue weighted by molar-refractivity contribution is 7.94. The molecular formula is C10H9N4O3S. The van der Waals surface area contributed by atoms with Gasteiger partial charge in [-0.25, -0.2) is 4.68 Å². The minimum atomic E-state index is -4.05. The van der Waals surface area contributed by atoms with Crippen LogP contribution in [0, 0.1) is 0 Å². The zero-order valence-corrected chi connectivity index (χ0v) is 9.91. The third-order valence-electron chi connectivity index (χ3n) is 2.03. The van der Waals surface area contributed by atoms with Crippen LogP contribution in [-0.2, 0) is 15.0 Å². The van der Waals surface area contributed by atoms with Crippen molar-refractivity contribution in [3.63, 3.8) is 0 Å². The lowest BCUT2D eigenvalue weighted by atomic mass is 10.4. The van der Waals surface area contributed by atoms with Crippen LogP contribution in [0.3, 0.4) is 0 Å². The van der Waals surface area contributed by atoms with Crippen LogP contribution >= 0.6 is 0 Å². The first-order chi connectivity index (χ1) is 8.63. The second-order valence-electron chi connectivity index (χ2n) is 3.24. The van der Waals surface area contributed by atoms with Gasteiger partial charge in [-0.2, -0.15) is 8.42 Å². The Labute approximate surface area is 104 Å². The fraction of sp³-hybridized carbons (Fsp3) is 0. The van der Waals surface area contributed by atoms with Crippen LogP contribution in [0.15, 0.2) is 49.1 Å². The largest absolute Gasteiger partial charge is 0.349 e. The van der Waals surface area contributed by atoms with E-state index in [1.165, 1.54) is 43.3 Å². The van der Waals surface area contributed by atoms with Crippen LogP contribution in [0.4, 0.5) is 5.69 Å². The lowest BCUT2D eigenvalue weighted by Gasteiger charge is -2.18. The van der Waals surface area contributed by atoms with Gasteiger partial charge < -0.3 is 0 Å². The second kappa shape index (κ2) is 4.88. The molecule has 8 heteroatoms. The van der Waals surface area contributed by atoms with E-state index in [2.05, 4.69) is 9.71 Å². The first-order valence-electron chi connectivity index (χ1n) is 4.87. The van der Waals surface area contributed by atoms with Crippen LogP contribution in [0.25, 0.3) is 0 Å². The predicted octanol–water partition coefficient (Wildman–Crippen LogP) is 0.245. The summed E-state index contributed by atoms with van der Waals surface area (Å²) >= 11 is 0. The summed E-state index contributed by atoms with van der Waals surface area (Å²) in [6.45, 7) is 0. The van der Waals surface area contributed by atoms with Crippen molar-refractivity contribution in [2.75, 3.05) is 9.14 Å². The highest BCUT2D eigenvalue weighted by Gasteiger charge is 2.22. The summed E-state index contributed by atoms with van der Waals surface area (Å²) in [6, 6.07) is 6.12. The summed E-state index contributed by atoms with van der Waals surface area (Å²) in [5, 5.41) is 0. The van der Waals surface area contributed by atoms with Crippen molar-refractivity contribution in [3.05, 3.63) is 49.1 Å². The third-order valence-corrected chi connectivity index (χ3v) is 3.24. The van der Waals surface area contributed by atoms with Gasteiger partial charge in [0.1, 0.15) is 0 Å². The van der Waals surface area contributed by atoms with Crippen molar-refractivity contribution in [1.29, 1.82) is 0 Å². The molecule has 0 saturated heterocycles. The smallest absolute Gasteiger partial charge is 0.265 e. The second-order valence-corrected chi connectivity index (χ2v) is 4.74. The van der Waals surface area contributed by atoms with E-state index in [4.69, 9.17) is 0 Å². The van der Waals surface area contributed by atoms with Gasteiger partial charge >= 0.3 is 16.6 Å². The molecule has 0 aromatic carbocycles. The number of hydrogen-bond donors (Lipinski definition) is 1. The average molecular weight is 265 g/mol. The van der Waals surface area contributed by atoms with E-state index >= 15 is 0 Å². The van der Waals surface area contributed by atoms with Gasteiger partial charge in [0, 0.05) is 24.8 Å². The predicted molar refractivity (Wildman–Crippen MR) is 65.1 cm³/mol. The topological polar surface area (TPSA) is 84.3 Å². The molecule has 2 aromatic heterocycles. The molecular weight excluding hydrogens is 256 g/mol. The van der Waals surface area contributed by atoms with Gasteiger partial charge in [0.2, 0.25) is 0 Å². The minimum Gasteiger partial charge on any atom is -0.265 e. The standard InChI is InChI=1S/C10H9N4O3S/c15-9-14(13-7-1-2-8-13)18(16,17)12-10-3-5-11-6-4-10/h1-8H,(H,11,12). The van der Waals surface area contributed by atoms with Crippen molar-refractivity contribution in [2.24, 2.45) is 0 Å². The SMILES string of the molecule is O=[C]N(n1cccc1)S(=O)(=O)Nc1ccncc1. The number of pyridine rings is 1. The Bertz CT molecular complexity index is 610. The van der Waals surface area contributed by atoms with Crippen LogP contribution in [0.5, 0.6) is 0 Å². The maximum atomic E-state index is 11.9. The number of amides is 1. The van der Waals surface area contributed by atoms with Crippen molar-refractivity contribution >= 4 is 22.3 Å². The van der Waals surface area contributed by atoms with E-state index < -0.39 is 10.2 Å². The summed E-state index contributed by atoms with van der Waals surface area (Å²) in [7, 11) is -4.05. The molecule has 2 aromatic rings. The van der Waals surface area contributed by atoms with Crippen LogP contribution in [0.2, 0.25) is 0 Å². The molecule has 0 aliphatic rings.